The maximum absolute atomic E-state index is 2.32. The molecule has 94 valence electrons. The van der Waals surface area contributed by atoms with Gasteiger partial charge in [0.2, 0.25) is 0 Å². The van der Waals surface area contributed by atoms with Gasteiger partial charge in [0.1, 0.15) is 0 Å². The van der Waals surface area contributed by atoms with Gasteiger partial charge in [-0.15, -0.1) is 0 Å². The second-order valence-corrected chi connectivity index (χ2v) is 7.48. The molecule has 0 nitrogen and oxygen atoms in total. The van der Waals surface area contributed by atoms with Gasteiger partial charge in [0.05, 0.1) is 0 Å². The van der Waals surface area contributed by atoms with E-state index in [2.05, 4.69) is 60.7 Å². The fraction of sp³-hybridized carbons (Fsp3) is 0.294. The Hall–Kier alpha value is -1.21. The molecule has 2 aromatic carbocycles. The zero-order valence-corrected chi connectivity index (χ0v) is 11.5. The van der Waals surface area contributed by atoms with E-state index in [1.807, 2.05) is 0 Å². The van der Waals surface area contributed by atoms with E-state index in [9.17, 15) is 0 Å². The summed E-state index contributed by atoms with van der Waals surface area (Å²) < 4.78 is 0. The van der Waals surface area contributed by atoms with Crippen LogP contribution in [0.5, 0.6) is 0 Å². The molecule has 0 amide bonds. The summed E-state index contributed by atoms with van der Waals surface area (Å²) in [7, 11) is -0.152. The smallest absolute Gasteiger partial charge is 0.00595 e. The van der Waals surface area contributed by atoms with E-state index in [0.717, 1.165) is 5.25 Å². The predicted octanol–water partition coefficient (Wildman–Crippen LogP) is 5.05. The minimum atomic E-state index is -0.152. The molecule has 1 heteroatoms. The molecule has 1 aliphatic carbocycles. The summed E-state index contributed by atoms with van der Waals surface area (Å²) in [5, 5.41) is 0.893. The first-order chi connectivity index (χ1) is 8.95. The van der Waals surface area contributed by atoms with Crippen molar-refractivity contribution in [3.63, 3.8) is 0 Å². The van der Waals surface area contributed by atoms with E-state index in [1.54, 1.807) is 9.79 Å². The second kappa shape index (κ2) is 5.62. The molecule has 1 saturated carbocycles. The monoisotopic (exact) mass is 256 g/mol. The Morgan fingerprint density at radius 3 is 1.56 bits per heavy atom. The topological polar surface area (TPSA) is 0 Å². The molecule has 1 aliphatic rings. The average Bonchev–Trinajstić information content (AvgIpc) is 2.95. The quantitative estimate of drug-likeness (QED) is 0.730. The van der Waals surface area contributed by atoms with Crippen molar-refractivity contribution in [1.29, 1.82) is 0 Å². The predicted molar refractivity (Wildman–Crippen MR) is 80.7 cm³/mol. The highest BCUT2D eigenvalue weighted by Gasteiger charge is 2.24. The van der Waals surface area contributed by atoms with Crippen molar-refractivity contribution >= 4 is 10.9 Å². The van der Waals surface area contributed by atoms with Gasteiger partial charge >= 0.3 is 0 Å². The van der Waals surface area contributed by atoms with Crippen LogP contribution in [0.25, 0.3) is 0 Å². The lowest BCUT2D eigenvalue weighted by Gasteiger charge is -2.29. The summed E-state index contributed by atoms with van der Waals surface area (Å²) in [6.45, 7) is 0. The summed E-state index contributed by atoms with van der Waals surface area (Å²) in [4.78, 5) is 3.09. The average molecular weight is 256 g/mol. The van der Waals surface area contributed by atoms with Crippen molar-refractivity contribution in [2.45, 2.75) is 40.7 Å². The molecule has 0 unspecified atom stereocenters. The first kappa shape index (κ1) is 11.9. The molecule has 0 spiro atoms. The third-order valence-corrected chi connectivity index (χ3v) is 6.71. The number of hydrogen-bond acceptors (Lipinski definition) is 0. The Morgan fingerprint density at radius 2 is 1.11 bits per heavy atom. The van der Waals surface area contributed by atoms with Crippen molar-refractivity contribution in [2.75, 3.05) is 0 Å². The van der Waals surface area contributed by atoms with Gasteiger partial charge in [0, 0.05) is 0 Å². The van der Waals surface area contributed by atoms with Crippen LogP contribution in [0, 0.1) is 0 Å². The van der Waals surface area contributed by atoms with Gasteiger partial charge in [-0.3, -0.25) is 0 Å². The highest BCUT2D eigenvalue weighted by Crippen LogP contribution is 2.53. The lowest BCUT2D eigenvalue weighted by atomic mass is 10.3. The fourth-order valence-corrected chi connectivity index (χ4v) is 5.92. The van der Waals surface area contributed by atoms with Gasteiger partial charge in [-0.25, -0.2) is 0 Å². The van der Waals surface area contributed by atoms with Gasteiger partial charge in [0.15, 0.2) is 0 Å². The van der Waals surface area contributed by atoms with Crippen LogP contribution in [0.2, 0.25) is 0 Å². The van der Waals surface area contributed by atoms with Gasteiger partial charge < -0.3 is 0 Å². The van der Waals surface area contributed by atoms with Crippen molar-refractivity contribution in [1.82, 2.24) is 0 Å². The number of hydrogen-bond donors (Lipinski definition) is 1. The molecular formula is C17H20S. The Kier molecular flexibility index (Phi) is 3.70. The molecule has 3 rings (SSSR count). The molecule has 0 N–H and O–H groups in total. The summed E-state index contributed by atoms with van der Waals surface area (Å²) in [6.07, 6.45) is 5.66. The second-order valence-electron chi connectivity index (χ2n) is 4.98. The van der Waals surface area contributed by atoms with E-state index in [1.165, 1.54) is 25.7 Å². The normalized spacial score (nSPS) is 16.8. The highest BCUT2D eigenvalue weighted by molar-refractivity contribution is 8.17. The fourth-order valence-electron chi connectivity index (χ4n) is 2.91. The number of thiol groups is 1. The van der Waals surface area contributed by atoms with Crippen LogP contribution >= 0.6 is 10.9 Å². The van der Waals surface area contributed by atoms with Gasteiger partial charge in [-0.05, 0) is 52.1 Å². The highest BCUT2D eigenvalue weighted by atomic mass is 32.2. The van der Waals surface area contributed by atoms with Crippen LogP contribution in [0.3, 0.4) is 0 Å². The van der Waals surface area contributed by atoms with E-state index in [-0.39, 0.29) is 10.9 Å². The van der Waals surface area contributed by atoms with Gasteiger partial charge in [0.25, 0.3) is 0 Å². The largest absolute Gasteiger partial charge is 0.197 e. The molecule has 0 atom stereocenters. The minimum absolute atomic E-state index is 0.152. The number of rotatable bonds is 3. The summed E-state index contributed by atoms with van der Waals surface area (Å²) in [6, 6.07) is 22.2. The standard InChI is InChI=1S/C17H20S/c1-3-9-15(10-4-1)18(17-13-7-8-14-17)16-11-5-2-6-12-16/h1-6,9-12,17-18H,7-8,13-14H2. The molecule has 0 aliphatic heterocycles. The molecule has 18 heavy (non-hydrogen) atoms. The SMILES string of the molecule is c1ccc([SH](c2ccccc2)C2CCCC2)cc1. The Bertz CT molecular complexity index is 432. The van der Waals surface area contributed by atoms with Gasteiger partial charge in [-0.2, -0.15) is 10.9 Å². The summed E-state index contributed by atoms with van der Waals surface area (Å²) >= 11 is 0. The molecule has 0 aromatic heterocycles. The van der Waals surface area contributed by atoms with Crippen LogP contribution in [0.4, 0.5) is 0 Å². The van der Waals surface area contributed by atoms with E-state index in [4.69, 9.17) is 0 Å². The van der Waals surface area contributed by atoms with Crippen LogP contribution in [0.1, 0.15) is 25.7 Å². The summed E-state index contributed by atoms with van der Waals surface area (Å²) in [5.74, 6) is 0. The van der Waals surface area contributed by atoms with Crippen molar-refractivity contribution in [3.05, 3.63) is 60.7 Å². The first-order valence-corrected chi connectivity index (χ1v) is 8.25. The lowest BCUT2D eigenvalue weighted by Crippen LogP contribution is -2.03. The van der Waals surface area contributed by atoms with E-state index in [0.29, 0.717) is 0 Å². The van der Waals surface area contributed by atoms with Crippen molar-refractivity contribution in [2.24, 2.45) is 0 Å². The molecule has 1 fully saturated rings. The van der Waals surface area contributed by atoms with Crippen molar-refractivity contribution in [3.8, 4) is 0 Å². The zero-order chi connectivity index (χ0) is 12.2. The zero-order valence-electron chi connectivity index (χ0n) is 10.6. The van der Waals surface area contributed by atoms with Crippen LogP contribution < -0.4 is 0 Å². The third kappa shape index (κ3) is 2.46. The number of benzene rings is 2. The maximum Gasteiger partial charge on any atom is -0.00595 e. The van der Waals surface area contributed by atoms with Gasteiger partial charge in [-0.1, -0.05) is 49.2 Å². The summed E-state index contributed by atoms with van der Waals surface area (Å²) in [5.41, 5.74) is 0. The van der Waals surface area contributed by atoms with E-state index >= 15 is 0 Å². The van der Waals surface area contributed by atoms with Crippen LogP contribution in [-0.4, -0.2) is 5.25 Å². The molecule has 0 bridgehead atoms. The Labute approximate surface area is 112 Å². The Morgan fingerprint density at radius 1 is 0.667 bits per heavy atom. The van der Waals surface area contributed by atoms with Crippen LogP contribution in [-0.2, 0) is 0 Å². The maximum atomic E-state index is 2.32. The molecule has 0 radical (unpaired) electrons. The minimum Gasteiger partial charge on any atom is -0.197 e. The third-order valence-electron chi connectivity index (χ3n) is 3.76. The molecule has 0 saturated heterocycles. The van der Waals surface area contributed by atoms with Crippen molar-refractivity contribution < 1.29 is 0 Å². The molecule has 0 heterocycles. The molecular weight excluding hydrogens is 236 g/mol. The Balaban J connectivity index is 1.98. The lowest BCUT2D eigenvalue weighted by molar-refractivity contribution is 0.886. The van der Waals surface area contributed by atoms with E-state index < -0.39 is 0 Å². The molecule has 2 aromatic rings. The first-order valence-electron chi connectivity index (χ1n) is 6.84. The van der Waals surface area contributed by atoms with Crippen LogP contribution in [0.15, 0.2) is 70.5 Å².